The van der Waals surface area contributed by atoms with Crippen molar-refractivity contribution in [2.45, 2.75) is 6.18 Å². The molecular formula is C13H9F3N2O3. The molecule has 0 aliphatic heterocycles. The molecule has 5 nitrogen and oxygen atoms in total. The summed E-state index contributed by atoms with van der Waals surface area (Å²) >= 11 is 0. The number of carbonyl (C=O) groups is 1. The van der Waals surface area contributed by atoms with Crippen molar-refractivity contribution in [3.63, 3.8) is 0 Å². The van der Waals surface area contributed by atoms with Crippen LogP contribution < -0.4 is 5.56 Å². The van der Waals surface area contributed by atoms with Crippen LogP contribution in [0, 0.1) is 0 Å². The standard InChI is InChI=1S/C13H9F3N2O3/c1-21-12(20)8-4-7(5-9(6-8)13(14,15)16)10-2-3-11(19)18-17-10/h2-6H,1H3,(H,18,19). The lowest BCUT2D eigenvalue weighted by molar-refractivity contribution is -0.137. The van der Waals surface area contributed by atoms with Crippen LogP contribution in [0.5, 0.6) is 0 Å². The molecule has 2 rings (SSSR count). The number of nitrogens with one attached hydrogen (secondary N) is 1. The number of esters is 1. The maximum Gasteiger partial charge on any atom is 0.416 e. The van der Waals surface area contributed by atoms with Gasteiger partial charge in [-0.25, -0.2) is 9.89 Å². The van der Waals surface area contributed by atoms with Crippen LogP contribution in [-0.4, -0.2) is 23.3 Å². The molecule has 0 unspecified atom stereocenters. The van der Waals surface area contributed by atoms with Crippen molar-refractivity contribution in [3.05, 3.63) is 51.8 Å². The summed E-state index contributed by atoms with van der Waals surface area (Å²) in [4.78, 5) is 22.4. The van der Waals surface area contributed by atoms with E-state index >= 15 is 0 Å². The van der Waals surface area contributed by atoms with Gasteiger partial charge in [0.05, 0.1) is 23.9 Å². The number of methoxy groups -OCH3 is 1. The first-order valence-corrected chi connectivity index (χ1v) is 5.68. The van der Waals surface area contributed by atoms with Crippen molar-refractivity contribution in [3.8, 4) is 11.3 Å². The van der Waals surface area contributed by atoms with Gasteiger partial charge >= 0.3 is 12.1 Å². The van der Waals surface area contributed by atoms with Gasteiger partial charge in [0.2, 0.25) is 0 Å². The maximum absolute atomic E-state index is 12.9. The number of nitrogens with zero attached hydrogens (tertiary/aromatic N) is 1. The second kappa shape index (κ2) is 5.39. The molecule has 1 N–H and O–H groups in total. The van der Waals surface area contributed by atoms with Gasteiger partial charge in [-0.05, 0) is 24.3 Å². The SMILES string of the molecule is COC(=O)c1cc(-c2ccc(=O)[nH]n2)cc(C(F)(F)F)c1. The number of hydrogen-bond acceptors (Lipinski definition) is 4. The fourth-order valence-electron chi connectivity index (χ4n) is 1.68. The van der Waals surface area contributed by atoms with Crippen LogP contribution in [0.15, 0.2) is 35.1 Å². The summed E-state index contributed by atoms with van der Waals surface area (Å²) in [5.74, 6) is -0.897. The zero-order valence-electron chi connectivity index (χ0n) is 10.7. The van der Waals surface area contributed by atoms with E-state index in [1.807, 2.05) is 0 Å². The van der Waals surface area contributed by atoms with Crippen LogP contribution >= 0.6 is 0 Å². The van der Waals surface area contributed by atoms with Crippen molar-refractivity contribution >= 4 is 5.97 Å². The van der Waals surface area contributed by atoms with Crippen LogP contribution in [0.2, 0.25) is 0 Å². The number of halogens is 3. The van der Waals surface area contributed by atoms with Crippen molar-refractivity contribution in [1.82, 2.24) is 10.2 Å². The van der Waals surface area contributed by atoms with E-state index in [4.69, 9.17) is 0 Å². The molecule has 0 aliphatic carbocycles. The predicted molar refractivity (Wildman–Crippen MR) is 66.6 cm³/mol. The lowest BCUT2D eigenvalue weighted by Gasteiger charge is -2.11. The third-order valence-corrected chi connectivity index (χ3v) is 2.66. The number of carbonyl (C=O) groups excluding carboxylic acids is 1. The zero-order chi connectivity index (χ0) is 15.6. The fraction of sp³-hybridized carbons (Fsp3) is 0.154. The molecule has 2 aromatic rings. The van der Waals surface area contributed by atoms with E-state index in [-0.39, 0.29) is 16.8 Å². The van der Waals surface area contributed by atoms with Crippen molar-refractivity contribution in [2.75, 3.05) is 7.11 Å². The Hall–Kier alpha value is -2.64. The summed E-state index contributed by atoms with van der Waals surface area (Å²) in [6.45, 7) is 0. The molecule has 0 amide bonds. The molecule has 21 heavy (non-hydrogen) atoms. The summed E-state index contributed by atoms with van der Waals surface area (Å²) in [6, 6.07) is 5.13. The smallest absolute Gasteiger partial charge is 0.416 e. The monoisotopic (exact) mass is 298 g/mol. The lowest BCUT2D eigenvalue weighted by atomic mass is 10.0. The van der Waals surface area contributed by atoms with Gasteiger partial charge in [-0.3, -0.25) is 4.79 Å². The third kappa shape index (κ3) is 3.28. The molecule has 1 aromatic heterocycles. The first-order chi connectivity index (χ1) is 9.81. The van der Waals surface area contributed by atoms with E-state index < -0.39 is 23.3 Å². The summed E-state index contributed by atoms with van der Waals surface area (Å²) in [6.07, 6.45) is -4.62. The van der Waals surface area contributed by atoms with Crippen LogP contribution in [-0.2, 0) is 10.9 Å². The number of H-pyrrole nitrogens is 1. The van der Waals surface area contributed by atoms with Crippen LogP contribution in [0.3, 0.4) is 0 Å². The Bertz CT molecular complexity index is 718. The molecule has 0 aliphatic rings. The zero-order valence-corrected chi connectivity index (χ0v) is 10.7. The van der Waals surface area contributed by atoms with Gasteiger partial charge in [-0.15, -0.1) is 0 Å². The molecule has 0 saturated heterocycles. The molecule has 0 saturated carbocycles. The molecule has 110 valence electrons. The molecule has 0 radical (unpaired) electrons. The molecule has 1 aromatic carbocycles. The Morgan fingerprint density at radius 3 is 2.48 bits per heavy atom. The largest absolute Gasteiger partial charge is 0.465 e. The highest BCUT2D eigenvalue weighted by Crippen LogP contribution is 2.33. The van der Waals surface area contributed by atoms with Gasteiger partial charge in [-0.2, -0.15) is 18.3 Å². The number of benzene rings is 1. The number of hydrogen-bond donors (Lipinski definition) is 1. The number of aromatic nitrogens is 2. The summed E-state index contributed by atoms with van der Waals surface area (Å²) in [7, 11) is 1.07. The Morgan fingerprint density at radius 2 is 1.95 bits per heavy atom. The van der Waals surface area contributed by atoms with Gasteiger partial charge in [0.25, 0.3) is 5.56 Å². The highest BCUT2D eigenvalue weighted by molar-refractivity contribution is 5.91. The van der Waals surface area contributed by atoms with E-state index in [0.717, 1.165) is 19.2 Å². The minimum Gasteiger partial charge on any atom is -0.465 e. The molecule has 0 fully saturated rings. The number of alkyl halides is 3. The van der Waals surface area contributed by atoms with Gasteiger partial charge in [0, 0.05) is 11.6 Å². The highest BCUT2D eigenvalue weighted by Gasteiger charge is 2.32. The predicted octanol–water partition coefficient (Wildman–Crippen LogP) is 2.24. The Kier molecular flexibility index (Phi) is 3.79. The van der Waals surface area contributed by atoms with Gasteiger partial charge in [0.1, 0.15) is 0 Å². The number of rotatable bonds is 2. The van der Waals surface area contributed by atoms with Gasteiger partial charge in [-0.1, -0.05) is 0 Å². The second-order valence-electron chi connectivity index (χ2n) is 4.09. The van der Waals surface area contributed by atoms with E-state index in [2.05, 4.69) is 14.9 Å². The molecule has 0 bridgehead atoms. The molecular weight excluding hydrogens is 289 g/mol. The van der Waals surface area contributed by atoms with E-state index in [1.165, 1.54) is 12.1 Å². The number of ether oxygens (including phenoxy) is 1. The summed E-state index contributed by atoms with van der Waals surface area (Å²) in [5, 5.41) is 5.76. The Morgan fingerprint density at radius 1 is 1.24 bits per heavy atom. The maximum atomic E-state index is 12.9. The minimum absolute atomic E-state index is 0.0430. The second-order valence-corrected chi connectivity index (χ2v) is 4.09. The van der Waals surface area contributed by atoms with E-state index in [0.29, 0.717) is 6.07 Å². The van der Waals surface area contributed by atoms with Gasteiger partial charge in [0.15, 0.2) is 0 Å². The quantitative estimate of drug-likeness (QED) is 0.863. The van der Waals surface area contributed by atoms with Crippen molar-refractivity contribution in [2.24, 2.45) is 0 Å². The van der Waals surface area contributed by atoms with Crippen LogP contribution in [0.4, 0.5) is 13.2 Å². The normalized spacial score (nSPS) is 11.2. The van der Waals surface area contributed by atoms with E-state index in [1.54, 1.807) is 0 Å². The average Bonchev–Trinajstić information content (AvgIpc) is 2.45. The Balaban J connectivity index is 2.62. The fourth-order valence-corrected chi connectivity index (χ4v) is 1.68. The summed E-state index contributed by atoms with van der Waals surface area (Å²) in [5.41, 5.74) is -1.60. The topological polar surface area (TPSA) is 72.1 Å². The average molecular weight is 298 g/mol. The van der Waals surface area contributed by atoms with Crippen molar-refractivity contribution in [1.29, 1.82) is 0 Å². The first kappa shape index (κ1) is 14.8. The molecule has 0 spiro atoms. The molecule has 1 heterocycles. The minimum atomic E-state index is -4.62. The molecule has 8 heteroatoms. The first-order valence-electron chi connectivity index (χ1n) is 5.68. The van der Waals surface area contributed by atoms with E-state index in [9.17, 15) is 22.8 Å². The van der Waals surface area contributed by atoms with Gasteiger partial charge < -0.3 is 4.74 Å². The molecule has 0 atom stereocenters. The lowest BCUT2D eigenvalue weighted by Crippen LogP contribution is -2.10. The van der Waals surface area contributed by atoms with Crippen LogP contribution in [0.1, 0.15) is 15.9 Å². The summed E-state index contributed by atoms with van der Waals surface area (Å²) < 4.78 is 43.0. The van der Waals surface area contributed by atoms with Crippen molar-refractivity contribution < 1.29 is 22.7 Å². The highest BCUT2D eigenvalue weighted by atomic mass is 19.4. The van der Waals surface area contributed by atoms with Crippen LogP contribution in [0.25, 0.3) is 11.3 Å². The Labute approximate surface area is 116 Å². The third-order valence-electron chi connectivity index (χ3n) is 2.66. The number of aromatic amines is 1.